The van der Waals surface area contributed by atoms with Gasteiger partial charge in [-0.1, -0.05) is 67.4 Å². The molecule has 0 spiro atoms. The molecule has 0 saturated heterocycles. The molecule has 0 fully saturated rings. The van der Waals surface area contributed by atoms with Crippen molar-refractivity contribution in [2.75, 3.05) is 0 Å². The first-order chi connectivity index (χ1) is 6.66. The largest absolute Gasteiger partial charge is 0.0839 e. The quantitative estimate of drug-likeness (QED) is 0.661. The standard InChI is InChI=1S/C13H19Br/c1-4-7-13(14)12-9-6-5-8-11(12)10(2)3/h5-6,8-10,13H,4,7H2,1-3H3. The summed E-state index contributed by atoms with van der Waals surface area (Å²) in [6.07, 6.45) is 2.44. The molecular weight excluding hydrogens is 236 g/mol. The molecule has 1 rings (SSSR count). The molecule has 1 unspecified atom stereocenters. The summed E-state index contributed by atoms with van der Waals surface area (Å²) >= 11 is 3.77. The fraction of sp³-hybridized carbons (Fsp3) is 0.538. The lowest BCUT2D eigenvalue weighted by molar-refractivity contribution is 0.762. The van der Waals surface area contributed by atoms with Crippen LogP contribution < -0.4 is 0 Å². The van der Waals surface area contributed by atoms with E-state index in [9.17, 15) is 0 Å². The van der Waals surface area contributed by atoms with Crippen LogP contribution in [0.25, 0.3) is 0 Å². The monoisotopic (exact) mass is 254 g/mol. The molecule has 0 amide bonds. The molecule has 0 aromatic heterocycles. The summed E-state index contributed by atoms with van der Waals surface area (Å²) in [6, 6.07) is 8.74. The zero-order valence-electron chi connectivity index (χ0n) is 9.26. The van der Waals surface area contributed by atoms with E-state index in [0.717, 1.165) is 0 Å². The van der Waals surface area contributed by atoms with Gasteiger partial charge in [0.2, 0.25) is 0 Å². The maximum absolute atomic E-state index is 3.77. The van der Waals surface area contributed by atoms with Crippen LogP contribution in [0.1, 0.15) is 55.5 Å². The van der Waals surface area contributed by atoms with Crippen molar-refractivity contribution in [3.05, 3.63) is 35.4 Å². The average molecular weight is 255 g/mol. The van der Waals surface area contributed by atoms with Crippen LogP contribution in [0, 0.1) is 0 Å². The predicted octanol–water partition coefficient (Wildman–Crippen LogP) is 5.05. The van der Waals surface area contributed by atoms with E-state index in [1.165, 1.54) is 24.0 Å². The summed E-state index contributed by atoms with van der Waals surface area (Å²) in [7, 11) is 0. The Bertz CT molecular complexity index is 278. The highest BCUT2D eigenvalue weighted by atomic mass is 79.9. The summed E-state index contributed by atoms with van der Waals surface area (Å²) < 4.78 is 0. The molecule has 78 valence electrons. The Kier molecular flexibility index (Phi) is 4.67. The lowest BCUT2D eigenvalue weighted by Crippen LogP contribution is -1.98. The smallest absolute Gasteiger partial charge is 0.0398 e. The van der Waals surface area contributed by atoms with Crippen LogP contribution in [0.2, 0.25) is 0 Å². The van der Waals surface area contributed by atoms with E-state index in [-0.39, 0.29) is 0 Å². The number of rotatable bonds is 4. The number of hydrogen-bond donors (Lipinski definition) is 0. The lowest BCUT2D eigenvalue weighted by Gasteiger charge is -2.16. The molecular formula is C13H19Br. The van der Waals surface area contributed by atoms with Gasteiger partial charge < -0.3 is 0 Å². The Hall–Kier alpha value is -0.300. The fourth-order valence-electron chi connectivity index (χ4n) is 1.73. The molecule has 0 radical (unpaired) electrons. The minimum atomic E-state index is 0.520. The number of benzene rings is 1. The van der Waals surface area contributed by atoms with E-state index in [4.69, 9.17) is 0 Å². The van der Waals surface area contributed by atoms with Gasteiger partial charge in [0, 0.05) is 4.83 Å². The first-order valence-electron chi connectivity index (χ1n) is 5.39. The van der Waals surface area contributed by atoms with Crippen molar-refractivity contribution in [2.24, 2.45) is 0 Å². The highest BCUT2D eigenvalue weighted by molar-refractivity contribution is 9.09. The SMILES string of the molecule is CCCC(Br)c1ccccc1C(C)C. The van der Waals surface area contributed by atoms with E-state index in [0.29, 0.717) is 10.7 Å². The van der Waals surface area contributed by atoms with Gasteiger partial charge in [-0.15, -0.1) is 0 Å². The lowest BCUT2D eigenvalue weighted by atomic mass is 9.94. The minimum absolute atomic E-state index is 0.520. The molecule has 1 aromatic rings. The van der Waals surface area contributed by atoms with Crippen molar-refractivity contribution in [3.63, 3.8) is 0 Å². The Balaban J connectivity index is 2.94. The third-order valence-corrected chi connectivity index (χ3v) is 3.45. The third-order valence-electron chi connectivity index (χ3n) is 2.50. The first kappa shape index (κ1) is 11.8. The summed E-state index contributed by atoms with van der Waals surface area (Å²) in [5.74, 6) is 0.614. The zero-order chi connectivity index (χ0) is 10.6. The van der Waals surface area contributed by atoms with Crippen molar-refractivity contribution in [2.45, 2.75) is 44.4 Å². The van der Waals surface area contributed by atoms with Crippen LogP contribution in [0.15, 0.2) is 24.3 Å². The van der Waals surface area contributed by atoms with Crippen LogP contribution in [0.3, 0.4) is 0 Å². The van der Waals surface area contributed by atoms with Crippen molar-refractivity contribution in [1.29, 1.82) is 0 Å². The summed E-state index contributed by atoms with van der Waals surface area (Å²) in [6.45, 7) is 6.74. The molecule has 0 N–H and O–H groups in total. The predicted molar refractivity (Wildman–Crippen MR) is 67.1 cm³/mol. The summed E-state index contributed by atoms with van der Waals surface area (Å²) in [4.78, 5) is 0.520. The van der Waals surface area contributed by atoms with E-state index in [1.54, 1.807) is 0 Å². The molecule has 14 heavy (non-hydrogen) atoms. The molecule has 0 nitrogen and oxygen atoms in total. The Morgan fingerprint density at radius 3 is 2.21 bits per heavy atom. The molecule has 0 aliphatic rings. The van der Waals surface area contributed by atoms with Gasteiger partial charge in [0.25, 0.3) is 0 Å². The molecule has 0 aliphatic carbocycles. The van der Waals surface area contributed by atoms with Gasteiger partial charge >= 0.3 is 0 Å². The van der Waals surface area contributed by atoms with Gasteiger partial charge in [-0.25, -0.2) is 0 Å². The normalized spacial score (nSPS) is 13.2. The number of halogens is 1. The van der Waals surface area contributed by atoms with Crippen LogP contribution in [-0.2, 0) is 0 Å². The second-order valence-corrected chi connectivity index (χ2v) is 5.15. The summed E-state index contributed by atoms with van der Waals surface area (Å²) in [5, 5.41) is 0. The van der Waals surface area contributed by atoms with E-state index in [2.05, 4.69) is 61.0 Å². The van der Waals surface area contributed by atoms with Gasteiger partial charge in [-0.05, 0) is 23.5 Å². The van der Waals surface area contributed by atoms with Crippen molar-refractivity contribution >= 4 is 15.9 Å². The third kappa shape index (κ3) is 2.84. The van der Waals surface area contributed by atoms with Crippen molar-refractivity contribution in [3.8, 4) is 0 Å². The zero-order valence-corrected chi connectivity index (χ0v) is 10.8. The van der Waals surface area contributed by atoms with E-state index in [1.807, 2.05) is 0 Å². The molecule has 1 aromatic carbocycles. The van der Waals surface area contributed by atoms with Crippen molar-refractivity contribution in [1.82, 2.24) is 0 Å². The molecule has 0 bridgehead atoms. The van der Waals surface area contributed by atoms with Gasteiger partial charge in [0.1, 0.15) is 0 Å². The van der Waals surface area contributed by atoms with Crippen LogP contribution in [-0.4, -0.2) is 0 Å². The fourth-order valence-corrected chi connectivity index (χ4v) is 2.61. The second-order valence-electron chi connectivity index (χ2n) is 4.04. The Morgan fingerprint density at radius 2 is 1.71 bits per heavy atom. The van der Waals surface area contributed by atoms with Gasteiger partial charge in [0.05, 0.1) is 0 Å². The van der Waals surface area contributed by atoms with Crippen LogP contribution in [0.5, 0.6) is 0 Å². The molecule has 1 heteroatoms. The minimum Gasteiger partial charge on any atom is -0.0839 e. The van der Waals surface area contributed by atoms with E-state index >= 15 is 0 Å². The second kappa shape index (κ2) is 5.55. The van der Waals surface area contributed by atoms with Gasteiger partial charge in [-0.2, -0.15) is 0 Å². The molecule has 0 aliphatic heterocycles. The van der Waals surface area contributed by atoms with Gasteiger partial charge in [-0.3, -0.25) is 0 Å². The van der Waals surface area contributed by atoms with Crippen LogP contribution >= 0.6 is 15.9 Å². The highest BCUT2D eigenvalue weighted by Gasteiger charge is 2.12. The maximum Gasteiger partial charge on any atom is 0.0398 e. The average Bonchev–Trinajstić information content (AvgIpc) is 2.18. The van der Waals surface area contributed by atoms with Gasteiger partial charge in [0.15, 0.2) is 0 Å². The topological polar surface area (TPSA) is 0 Å². The van der Waals surface area contributed by atoms with Crippen LogP contribution in [0.4, 0.5) is 0 Å². The molecule has 0 heterocycles. The highest BCUT2D eigenvalue weighted by Crippen LogP contribution is 2.33. The first-order valence-corrected chi connectivity index (χ1v) is 6.31. The molecule has 0 saturated carbocycles. The maximum atomic E-state index is 3.77. The number of alkyl halides is 1. The Labute approximate surface area is 95.9 Å². The van der Waals surface area contributed by atoms with E-state index < -0.39 is 0 Å². The molecule has 1 atom stereocenters. The Morgan fingerprint density at radius 1 is 1.14 bits per heavy atom. The number of hydrogen-bond acceptors (Lipinski definition) is 0. The van der Waals surface area contributed by atoms with Crippen molar-refractivity contribution < 1.29 is 0 Å². The summed E-state index contributed by atoms with van der Waals surface area (Å²) in [5.41, 5.74) is 2.94.